The van der Waals surface area contributed by atoms with Crippen LogP contribution in [-0.4, -0.2) is 20.1 Å². The standard InChI is InChI=1S/C24H26BCl2NO2/c1-15(25(2)14-28)23-17(13-29)6-10-21(20-11-9-19(30-3)12-22(20)27)24(23)16-4-7-18(26)8-5-16/h4-5,7-9,11-13,15,17,21,23-24H,6,10H2,1-3H3. The highest BCUT2D eigenvalue weighted by molar-refractivity contribution is 6.67. The Kier molecular flexibility index (Phi) is 7.50. The van der Waals surface area contributed by atoms with Gasteiger partial charge >= 0.3 is 0 Å². The third kappa shape index (κ3) is 4.53. The monoisotopic (exact) mass is 441 g/mol. The molecule has 2 aromatic carbocycles. The zero-order chi connectivity index (χ0) is 21.8. The largest absolute Gasteiger partial charge is 0.497 e. The molecule has 5 atom stereocenters. The molecule has 0 N–H and O–H groups in total. The predicted octanol–water partition coefficient (Wildman–Crippen LogP) is 6.67. The minimum Gasteiger partial charge on any atom is -0.497 e. The second kappa shape index (κ2) is 9.90. The molecule has 3 nitrogen and oxygen atoms in total. The number of carbonyl (C=O) groups is 1. The number of halogens is 2. The summed E-state index contributed by atoms with van der Waals surface area (Å²) < 4.78 is 5.32. The Morgan fingerprint density at radius 3 is 2.47 bits per heavy atom. The van der Waals surface area contributed by atoms with Gasteiger partial charge in [-0.1, -0.05) is 55.1 Å². The van der Waals surface area contributed by atoms with E-state index in [1.165, 1.54) is 0 Å². The van der Waals surface area contributed by atoms with Gasteiger partial charge in [-0.15, -0.1) is 0 Å². The summed E-state index contributed by atoms with van der Waals surface area (Å²) in [5.41, 5.74) is 2.19. The average Bonchev–Trinajstić information content (AvgIpc) is 2.77. The molecule has 0 spiro atoms. The topological polar surface area (TPSA) is 50.1 Å². The summed E-state index contributed by atoms with van der Waals surface area (Å²) in [6, 6.07) is 13.7. The van der Waals surface area contributed by atoms with E-state index in [4.69, 9.17) is 27.9 Å². The molecule has 0 radical (unpaired) electrons. The molecule has 1 fully saturated rings. The molecular weight excluding hydrogens is 416 g/mol. The van der Waals surface area contributed by atoms with Crippen molar-refractivity contribution in [2.75, 3.05) is 7.11 Å². The zero-order valence-electron chi connectivity index (χ0n) is 17.5. The van der Waals surface area contributed by atoms with Crippen LogP contribution in [0.1, 0.15) is 42.7 Å². The summed E-state index contributed by atoms with van der Waals surface area (Å²) in [4.78, 5) is 12.1. The maximum atomic E-state index is 12.1. The number of methoxy groups -OCH3 is 1. The summed E-state index contributed by atoms with van der Waals surface area (Å²) in [5.74, 6) is 3.31. The third-order valence-electron chi connectivity index (χ3n) is 6.79. The number of rotatable bonds is 6. The van der Waals surface area contributed by atoms with Gasteiger partial charge in [0.1, 0.15) is 12.0 Å². The van der Waals surface area contributed by atoms with E-state index in [0.717, 1.165) is 36.0 Å². The Labute approximate surface area is 189 Å². The normalized spacial score (nSPS) is 24.5. The predicted molar refractivity (Wildman–Crippen MR) is 124 cm³/mol. The minimum absolute atomic E-state index is 0.0373. The van der Waals surface area contributed by atoms with Gasteiger partial charge in [0.2, 0.25) is 0 Å². The van der Waals surface area contributed by atoms with Crippen LogP contribution in [0.3, 0.4) is 0 Å². The van der Waals surface area contributed by atoms with Crippen LogP contribution in [0.15, 0.2) is 42.5 Å². The van der Waals surface area contributed by atoms with Crippen LogP contribution < -0.4 is 4.74 Å². The van der Waals surface area contributed by atoms with E-state index >= 15 is 0 Å². The molecule has 156 valence electrons. The molecule has 30 heavy (non-hydrogen) atoms. The van der Waals surface area contributed by atoms with Crippen LogP contribution in [0, 0.1) is 23.1 Å². The molecular formula is C24H26BCl2NO2. The smallest absolute Gasteiger partial charge is 0.267 e. The second-order valence-corrected chi connectivity index (χ2v) is 9.15. The van der Waals surface area contributed by atoms with Gasteiger partial charge in [-0.25, -0.2) is 5.26 Å². The van der Waals surface area contributed by atoms with E-state index in [9.17, 15) is 10.1 Å². The molecule has 1 aliphatic carbocycles. The van der Waals surface area contributed by atoms with E-state index in [-0.39, 0.29) is 36.2 Å². The fraction of sp³-hybridized carbons (Fsp3) is 0.417. The molecule has 2 aromatic rings. The highest BCUT2D eigenvalue weighted by atomic mass is 35.5. The Morgan fingerprint density at radius 2 is 1.90 bits per heavy atom. The van der Waals surface area contributed by atoms with E-state index in [0.29, 0.717) is 10.0 Å². The molecule has 0 aromatic heterocycles. The summed E-state index contributed by atoms with van der Waals surface area (Å²) in [7, 11) is 1.62. The molecule has 1 aliphatic rings. The third-order valence-corrected chi connectivity index (χ3v) is 7.37. The lowest BCUT2D eigenvalue weighted by molar-refractivity contribution is -0.114. The summed E-state index contributed by atoms with van der Waals surface area (Å²) in [6.45, 7) is 3.88. The van der Waals surface area contributed by atoms with E-state index in [1.54, 1.807) is 7.11 Å². The fourth-order valence-electron chi connectivity index (χ4n) is 5.03. The first kappa shape index (κ1) is 22.7. The summed E-state index contributed by atoms with van der Waals surface area (Å²) in [6.07, 6.45) is 2.72. The lowest BCUT2D eigenvalue weighted by atomic mass is 9.38. The number of aldehydes is 1. The maximum absolute atomic E-state index is 12.1. The lowest BCUT2D eigenvalue weighted by Gasteiger charge is -2.45. The quantitative estimate of drug-likeness (QED) is 0.371. The van der Waals surface area contributed by atoms with Gasteiger partial charge in [-0.3, -0.25) is 0 Å². The molecule has 1 saturated carbocycles. The molecule has 0 bridgehead atoms. The molecule has 0 aliphatic heterocycles. The number of hydrogen-bond donors (Lipinski definition) is 0. The fourth-order valence-corrected chi connectivity index (χ4v) is 5.47. The Balaban J connectivity index is 2.14. The van der Waals surface area contributed by atoms with Crippen LogP contribution in [0.4, 0.5) is 0 Å². The SMILES string of the molecule is COc1ccc(C2CCC(C=O)C(C(C)B(C)C#N)C2c2ccc(Cl)cc2)c(Cl)c1. The number of benzene rings is 2. The Bertz CT molecular complexity index is 928. The first-order valence-electron chi connectivity index (χ1n) is 10.3. The summed E-state index contributed by atoms with van der Waals surface area (Å²) in [5, 5.41) is 10.9. The van der Waals surface area contributed by atoms with Crippen molar-refractivity contribution < 1.29 is 9.53 Å². The maximum Gasteiger partial charge on any atom is 0.267 e. The van der Waals surface area contributed by atoms with Gasteiger partial charge in [0.25, 0.3) is 6.71 Å². The van der Waals surface area contributed by atoms with Crippen molar-refractivity contribution in [1.82, 2.24) is 0 Å². The number of carbonyl (C=O) groups excluding carboxylic acids is 1. The number of ether oxygens (including phenoxy) is 1. The minimum atomic E-state index is -0.155. The van der Waals surface area contributed by atoms with Crippen molar-refractivity contribution in [2.45, 2.75) is 44.2 Å². The van der Waals surface area contributed by atoms with Gasteiger partial charge in [0, 0.05) is 21.9 Å². The number of hydrogen-bond acceptors (Lipinski definition) is 3. The molecule has 0 saturated heterocycles. The van der Waals surface area contributed by atoms with Crippen molar-refractivity contribution >= 4 is 36.2 Å². The second-order valence-electron chi connectivity index (χ2n) is 8.30. The van der Waals surface area contributed by atoms with E-state index in [1.807, 2.05) is 49.3 Å². The molecule has 6 heteroatoms. The zero-order valence-corrected chi connectivity index (χ0v) is 19.0. The highest BCUT2D eigenvalue weighted by Crippen LogP contribution is 2.55. The van der Waals surface area contributed by atoms with E-state index in [2.05, 4.69) is 12.9 Å². The Morgan fingerprint density at radius 1 is 1.20 bits per heavy atom. The van der Waals surface area contributed by atoms with Gasteiger partial charge in [0.05, 0.1) is 7.11 Å². The van der Waals surface area contributed by atoms with E-state index < -0.39 is 0 Å². The van der Waals surface area contributed by atoms with Crippen LogP contribution in [0.5, 0.6) is 5.75 Å². The van der Waals surface area contributed by atoms with Crippen LogP contribution in [-0.2, 0) is 4.79 Å². The van der Waals surface area contributed by atoms with Gasteiger partial charge in [0.15, 0.2) is 0 Å². The first-order chi connectivity index (χ1) is 14.4. The van der Waals surface area contributed by atoms with Crippen LogP contribution >= 0.6 is 23.2 Å². The lowest BCUT2D eigenvalue weighted by Crippen LogP contribution is -2.38. The van der Waals surface area contributed by atoms with Crippen molar-refractivity contribution in [1.29, 1.82) is 5.26 Å². The number of nitrogens with zero attached hydrogens (tertiary/aromatic N) is 1. The molecule has 5 unspecified atom stereocenters. The van der Waals surface area contributed by atoms with Gasteiger partial charge in [-0.05, 0) is 71.8 Å². The molecule has 0 amide bonds. The van der Waals surface area contributed by atoms with Crippen molar-refractivity contribution in [3.63, 3.8) is 0 Å². The summed E-state index contributed by atoms with van der Waals surface area (Å²) >= 11 is 12.8. The van der Waals surface area contributed by atoms with Crippen molar-refractivity contribution in [2.24, 2.45) is 11.8 Å². The Hall–Kier alpha value is -1.96. The molecule has 3 rings (SSSR count). The number of nitriles is 1. The van der Waals surface area contributed by atoms with Crippen molar-refractivity contribution in [3.8, 4) is 11.7 Å². The first-order valence-corrected chi connectivity index (χ1v) is 11.1. The molecule has 0 heterocycles. The van der Waals surface area contributed by atoms with Gasteiger partial charge in [-0.2, -0.15) is 0 Å². The van der Waals surface area contributed by atoms with Crippen LogP contribution in [0.25, 0.3) is 0 Å². The average molecular weight is 442 g/mol. The van der Waals surface area contributed by atoms with Crippen LogP contribution in [0.2, 0.25) is 22.7 Å². The van der Waals surface area contributed by atoms with Crippen molar-refractivity contribution in [3.05, 3.63) is 63.6 Å². The van der Waals surface area contributed by atoms with Gasteiger partial charge < -0.3 is 9.53 Å². The highest BCUT2D eigenvalue weighted by Gasteiger charge is 2.45.